The second-order valence-corrected chi connectivity index (χ2v) is 11.1. The predicted molar refractivity (Wildman–Crippen MR) is 129 cm³/mol. The standard InChI is InChI=1S/C24H26ClN3O4S/c1-14-8-6-10-17(13-24(3,4)5)19(14)20-15(2)21(25)27-23(26-20)28-33(31,32)18-11-7-9-16(12-18)22(29)30/h6-12H,13H2,1-5H3,(H,29,30)(H,26,27,28). The van der Waals surface area contributed by atoms with E-state index in [1.165, 1.54) is 18.2 Å². The Morgan fingerprint density at radius 2 is 1.76 bits per heavy atom. The fraction of sp³-hybridized carbons (Fsp3) is 0.292. The minimum absolute atomic E-state index is 0.0207. The van der Waals surface area contributed by atoms with Gasteiger partial charge in [0.2, 0.25) is 5.95 Å². The van der Waals surface area contributed by atoms with Gasteiger partial charge in [0, 0.05) is 11.1 Å². The molecule has 3 aromatic rings. The van der Waals surface area contributed by atoms with Crippen LogP contribution < -0.4 is 4.72 Å². The van der Waals surface area contributed by atoms with Crippen molar-refractivity contribution >= 4 is 33.5 Å². The van der Waals surface area contributed by atoms with Crippen molar-refractivity contribution < 1.29 is 18.3 Å². The Morgan fingerprint density at radius 3 is 2.39 bits per heavy atom. The monoisotopic (exact) mass is 487 g/mol. The number of carboxylic acid groups (broad SMARTS) is 1. The van der Waals surface area contributed by atoms with Crippen molar-refractivity contribution in [3.8, 4) is 11.3 Å². The molecule has 1 heterocycles. The molecule has 0 bridgehead atoms. The largest absolute Gasteiger partial charge is 0.478 e. The van der Waals surface area contributed by atoms with E-state index in [-0.39, 0.29) is 27.0 Å². The van der Waals surface area contributed by atoms with Crippen molar-refractivity contribution in [3.05, 3.63) is 69.9 Å². The highest BCUT2D eigenvalue weighted by atomic mass is 35.5. The molecule has 0 unspecified atom stereocenters. The number of hydrogen-bond donors (Lipinski definition) is 2. The summed E-state index contributed by atoms with van der Waals surface area (Å²) < 4.78 is 28.2. The Kier molecular flexibility index (Phi) is 6.81. The summed E-state index contributed by atoms with van der Waals surface area (Å²) in [5.74, 6) is -1.42. The smallest absolute Gasteiger partial charge is 0.335 e. The van der Waals surface area contributed by atoms with Crippen LogP contribution >= 0.6 is 11.6 Å². The van der Waals surface area contributed by atoms with Crippen molar-refractivity contribution in [3.63, 3.8) is 0 Å². The third-order valence-electron chi connectivity index (χ3n) is 5.02. The van der Waals surface area contributed by atoms with E-state index in [1.807, 2.05) is 25.1 Å². The van der Waals surface area contributed by atoms with Crippen molar-refractivity contribution in [2.45, 2.75) is 45.9 Å². The summed E-state index contributed by atoms with van der Waals surface area (Å²) in [5.41, 5.74) is 4.00. The normalized spacial score (nSPS) is 11.9. The molecule has 0 saturated carbocycles. The molecule has 0 spiro atoms. The van der Waals surface area contributed by atoms with Crippen LogP contribution in [-0.4, -0.2) is 29.5 Å². The number of aromatic carboxylic acids is 1. The number of carboxylic acids is 1. The average molecular weight is 488 g/mol. The van der Waals surface area contributed by atoms with Gasteiger partial charge in [0.15, 0.2) is 0 Å². The predicted octanol–water partition coefficient (Wildman–Crippen LogP) is 5.50. The Hall–Kier alpha value is -2.97. The first-order chi connectivity index (χ1) is 15.3. The molecule has 0 radical (unpaired) electrons. The summed E-state index contributed by atoms with van der Waals surface area (Å²) in [6, 6.07) is 11.0. The first-order valence-corrected chi connectivity index (χ1v) is 12.1. The average Bonchev–Trinajstić information content (AvgIpc) is 2.70. The number of anilines is 1. The Bertz CT molecular complexity index is 1330. The second-order valence-electron chi connectivity index (χ2n) is 9.10. The lowest BCUT2D eigenvalue weighted by Crippen LogP contribution is -2.17. The van der Waals surface area contributed by atoms with Gasteiger partial charge in [-0.15, -0.1) is 0 Å². The van der Waals surface area contributed by atoms with E-state index in [9.17, 15) is 13.2 Å². The number of nitrogens with one attached hydrogen (secondary N) is 1. The van der Waals surface area contributed by atoms with E-state index in [0.717, 1.165) is 29.2 Å². The maximum Gasteiger partial charge on any atom is 0.335 e. The van der Waals surface area contributed by atoms with Gasteiger partial charge in [0.05, 0.1) is 16.2 Å². The van der Waals surface area contributed by atoms with Crippen LogP contribution in [0.15, 0.2) is 47.4 Å². The number of hydrogen-bond acceptors (Lipinski definition) is 5. The third-order valence-corrected chi connectivity index (χ3v) is 6.71. The van der Waals surface area contributed by atoms with Gasteiger partial charge in [-0.1, -0.05) is 56.6 Å². The van der Waals surface area contributed by atoms with Crippen LogP contribution in [0, 0.1) is 19.3 Å². The van der Waals surface area contributed by atoms with Crippen molar-refractivity contribution in [2.75, 3.05) is 4.72 Å². The zero-order chi connectivity index (χ0) is 24.6. The van der Waals surface area contributed by atoms with E-state index < -0.39 is 16.0 Å². The highest BCUT2D eigenvalue weighted by Gasteiger charge is 2.23. The number of rotatable bonds is 6. The summed E-state index contributed by atoms with van der Waals surface area (Å²) in [7, 11) is -4.14. The molecule has 33 heavy (non-hydrogen) atoms. The molecule has 3 rings (SSSR count). The fourth-order valence-corrected chi connectivity index (χ4v) is 4.70. The minimum Gasteiger partial charge on any atom is -0.478 e. The molecule has 0 atom stereocenters. The van der Waals surface area contributed by atoms with E-state index in [2.05, 4.69) is 35.5 Å². The summed E-state index contributed by atoms with van der Waals surface area (Å²) in [4.78, 5) is 19.6. The zero-order valence-electron chi connectivity index (χ0n) is 19.1. The summed E-state index contributed by atoms with van der Waals surface area (Å²) in [6.07, 6.45) is 0.786. The Balaban J connectivity index is 2.10. The zero-order valence-corrected chi connectivity index (χ0v) is 20.7. The molecule has 0 amide bonds. The van der Waals surface area contributed by atoms with Crippen molar-refractivity contribution in [2.24, 2.45) is 5.41 Å². The van der Waals surface area contributed by atoms with Crippen LogP contribution in [0.4, 0.5) is 5.95 Å². The molecule has 9 heteroatoms. The molecule has 0 aliphatic carbocycles. The van der Waals surface area contributed by atoms with E-state index in [1.54, 1.807) is 6.92 Å². The van der Waals surface area contributed by atoms with Gasteiger partial charge in [-0.3, -0.25) is 0 Å². The number of sulfonamides is 1. The number of nitrogens with zero attached hydrogens (tertiary/aromatic N) is 2. The Labute approximate surface area is 198 Å². The first kappa shape index (κ1) is 24.7. The summed E-state index contributed by atoms with van der Waals surface area (Å²) in [5, 5.41) is 9.30. The van der Waals surface area contributed by atoms with Gasteiger partial charge in [0.25, 0.3) is 10.0 Å². The lowest BCUT2D eigenvalue weighted by molar-refractivity contribution is 0.0696. The van der Waals surface area contributed by atoms with Gasteiger partial charge in [-0.25, -0.2) is 22.9 Å². The van der Waals surface area contributed by atoms with E-state index >= 15 is 0 Å². The minimum atomic E-state index is -4.14. The number of aryl methyl sites for hydroxylation is 1. The number of halogens is 1. The van der Waals surface area contributed by atoms with Crippen LogP contribution in [0.3, 0.4) is 0 Å². The molecule has 2 aromatic carbocycles. The van der Waals surface area contributed by atoms with Crippen LogP contribution in [0.25, 0.3) is 11.3 Å². The quantitative estimate of drug-likeness (QED) is 0.444. The molecular weight excluding hydrogens is 462 g/mol. The topological polar surface area (TPSA) is 109 Å². The third kappa shape index (κ3) is 5.69. The summed E-state index contributed by atoms with van der Waals surface area (Å²) >= 11 is 6.38. The van der Waals surface area contributed by atoms with Gasteiger partial charge >= 0.3 is 5.97 Å². The van der Waals surface area contributed by atoms with Gasteiger partial charge < -0.3 is 5.11 Å². The van der Waals surface area contributed by atoms with Crippen LogP contribution in [0.2, 0.25) is 5.15 Å². The number of aromatic nitrogens is 2. The molecule has 1 aromatic heterocycles. The van der Waals surface area contributed by atoms with Gasteiger partial charge in [-0.05, 0) is 55.0 Å². The maximum atomic E-state index is 12.9. The first-order valence-electron chi connectivity index (χ1n) is 10.3. The molecule has 0 aliphatic rings. The molecule has 2 N–H and O–H groups in total. The van der Waals surface area contributed by atoms with Gasteiger partial charge in [0.1, 0.15) is 5.15 Å². The maximum absolute atomic E-state index is 12.9. The highest BCUT2D eigenvalue weighted by molar-refractivity contribution is 7.92. The Morgan fingerprint density at radius 1 is 1.09 bits per heavy atom. The molecule has 0 saturated heterocycles. The van der Waals surface area contributed by atoms with Crippen LogP contribution in [-0.2, 0) is 16.4 Å². The molecule has 0 fully saturated rings. The van der Waals surface area contributed by atoms with Gasteiger partial charge in [-0.2, -0.15) is 4.98 Å². The lowest BCUT2D eigenvalue weighted by Gasteiger charge is -2.22. The molecule has 174 valence electrons. The van der Waals surface area contributed by atoms with E-state index in [4.69, 9.17) is 16.7 Å². The number of benzene rings is 2. The second kappa shape index (κ2) is 9.11. The van der Waals surface area contributed by atoms with E-state index in [0.29, 0.717) is 11.3 Å². The van der Waals surface area contributed by atoms with Crippen LogP contribution in [0.5, 0.6) is 0 Å². The SMILES string of the molecule is Cc1cccc(CC(C)(C)C)c1-c1nc(NS(=O)(=O)c2cccc(C(=O)O)c2)nc(Cl)c1C. The summed E-state index contributed by atoms with van der Waals surface area (Å²) in [6.45, 7) is 10.2. The van der Waals surface area contributed by atoms with Crippen molar-refractivity contribution in [1.82, 2.24) is 9.97 Å². The molecule has 7 nitrogen and oxygen atoms in total. The lowest BCUT2D eigenvalue weighted by atomic mass is 9.84. The number of carbonyl (C=O) groups is 1. The highest BCUT2D eigenvalue weighted by Crippen LogP contribution is 2.35. The molecular formula is C24H26ClN3O4S. The van der Waals surface area contributed by atoms with Crippen molar-refractivity contribution in [1.29, 1.82) is 0 Å². The van der Waals surface area contributed by atoms with Crippen LogP contribution in [0.1, 0.15) is 47.8 Å². The fourth-order valence-electron chi connectivity index (χ4n) is 3.54. The molecule has 0 aliphatic heterocycles.